The third kappa shape index (κ3) is 3.60. The molecule has 1 aliphatic heterocycles. The summed E-state index contributed by atoms with van der Waals surface area (Å²) in [5, 5.41) is 3.26. The van der Waals surface area contributed by atoms with E-state index < -0.39 is 0 Å². The van der Waals surface area contributed by atoms with E-state index in [2.05, 4.69) is 12.2 Å². The van der Waals surface area contributed by atoms with E-state index in [9.17, 15) is 9.18 Å². The average Bonchev–Trinajstić information content (AvgIpc) is 2.38. The Kier molecular flexibility index (Phi) is 4.64. The van der Waals surface area contributed by atoms with Crippen molar-refractivity contribution in [2.24, 2.45) is 0 Å². The Labute approximate surface area is 117 Å². The second-order valence-corrected chi connectivity index (χ2v) is 5.32. The van der Waals surface area contributed by atoms with E-state index in [1.807, 2.05) is 4.90 Å². The van der Waals surface area contributed by atoms with Crippen molar-refractivity contribution >= 4 is 23.2 Å². The Balaban J connectivity index is 1.92. The molecule has 0 aliphatic carbocycles. The summed E-state index contributed by atoms with van der Waals surface area (Å²) in [7, 11) is 0. The summed E-state index contributed by atoms with van der Waals surface area (Å²) >= 11 is 5.90. The molecule has 0 bridgehead atoms. The van der Waals surface area contributed by atoms with Crippen LogP contribution in [0, 0.1) is 5.82 Å². The number of rotatable bonds is 3. The number of anilines is 1. The highest BCUT2D eigenvalue weighted by Gasteiger charge is 2.22. The van der Waals surface area contributed by atoms with Gasteiger partial charge in [0.2, 0.25) is 5.91 Å². The average molecular weight is 285 g/mol. The molecular formula is C14H18ClFN2O. The highest BCUT2D eigenvalue weighted by Crippen LogP contribution is 2.22. The molecule has 1 fully saturated rings. The Bertz CT molecular complexity index is 467. The van der Waals surface area contributed by atoms with Crippen LogP contribution in [0.1, 0.15) is 26.2 Å². The van der Waals surface area contributed by atoms with Crippen LogP contribution in [-0.4, -0.2) is 29.9 Å². The zero-order valence-electron chi connectivity index (χ0n) is 11.0. The second kappa shape index (κ2) is 6.24. The van der Waals surface area contributed by atoms with Gasteiger partial charge in [-0.15, -0.1) is 0 Å². The summed E-state index contributed by atoms with van der Waals surface area (Å²) < 4.78 is 12.9. The summed E-state index contributed by atoms with van der Waals surface area (Å²) in [5.74, 6) is -0.320. The van der Waals surface area contributed by atoms with Gasteiger partial charge < -0.3 is 10.2 Å². The zero-order chi connectivity index (χ0) is 13.8. The predicted octanol–water partition coefficient (Wildman–Crippen LogP) is 3.29. The van der Waals surface area contributed by atoms with Gasteiger partial charge in [-0.25, -0.2) is 4.39 Å². The van der Waals surface area contributed by atoms with E-state index in [-0.39, 0.29) is 18.3 Å². The topological polar surface area (TPSA) is 32.3 Å². The van der Waals surface area contributed by atoms with Crippen LogP contribution in [0.15, 0.2) is 18.2 Å². The first-order chi connectivity index (χ1) is 9.08. The van der Waals surface area contributed by atoms with Gasteiger partial charge in [0.15, 0.2) is 0 Å². The van der Waals surface area contributed by atoms with Crippen molar-refractivity contribution in [1.82, 2.24) is 4.90 Å². The molecule has 1 N–H and O–H groups in total. The Morgan fingerprint density at radius 2 is 2.32 bits per heavy atom. The fourth-order valence-electron chi connectivity index (χ4n) is 2.37. The summed E-state index contributed by atoms with van der Waals surface area (Å²) in [6.45, 7) is 3.08. The molecule has 0 spiro atoms. The minimum atomic E-state index is -0.383. The minimum absolute atomic E-state index is 0.0626. The Morgan fingerprint density at radius 1 is 1.53 bits per heavy atom. The summed E-state index contributed by atoms with van der Waals surface area (Å²) in [6.07, 6.45) is 3.30. The van der Waals surface area contributed by atoms with Crippen LogP contribution >= 0.6 is 11.6 Å². The highest BCUT2D eigenvalue weighted by molar-refractivity contribution is 6.33. The maximum Gasteiger partial charge on any atom is 0.242 e. The summed E-state index contributed by atoms with van der Waals surface area (Å²) in [5.41, 5.74) is 0.584. The quantitative estimate of drug-likeness (QED) is 0.924. The van der Waals surface area contributed by atoms with E-state index in [1.54, 1.807) is 6.07 Å². The first-order valence-corrected chi connectivity index (χ1v) is 6.94. The van der Waals surface area contributed by atoms with Crippen molar-refractivity contribution in [2.75, 3.05) is 18.4 Å². The van der Waals surface area contributed by atoms with Gasteiger partial charge in [0, 0.05) is 12.6 Å². The molecule has 104 valence electrons. The van der Waals surface area contributed by atoms with Crippen LogP contribution in [0.25, 0.3) is 0 Å². The van der Waals surface area contributed by atoms with Gasteiger partial charge in [0.1, 0.15) is 5.82 Å². The van der Waals surface area contributed by atoms with Crippen LogP contribution in [0.3, 0.4) is 0 Å². The number of hydrogen-bond donors (Lipinski definition) is 1. The third-order valence-corrected chi connectivity index (χ3v) is 3.80. The van der Waals surface area contributed by atoms with Gasteiger partial charge in [0.25, 0.3) is 0 Å². The van der Waals surface area contributed by atoms with Gasteiger partial charge in [-0.1, -0.05) is 11.6 Å². The minimum Gasteiger partial charge on any atom is -0.375 e. The van der Waals surface area contributed by atoms with Crippen molar-refractivity contribution in [3.8, 4) is 0 Å². The number of nitrogens with one attached hydrogen (secondary N) is 1. The number of hydrogen-bond acceptors (Lipinski definition) is 2. The molecule has 1 aliphatic rings. The smallest absolute Gasteiger partial charge is 0.242 e. The molecule has 1 atom stereocenters. The molecule has 1 saturated heterocycles. The lowest BCUT2D eigenvalue weighted by molar-refractivity contribution is -0.132. The van der Waals surface area contributed by atoms with E-state index in [0.29, 0.717) is 16.8 Å². The second-order valence-electron chi connectivity index (χ2n) is 4.91. The molecule has 1 aromatic rings. The third-order valence-electron chi connectivity index (χ3n) is 3.48. The van der Waals surface area contributed by atoms with Crippen LogP contribution in [-0.2, 0) is 4.79 Å². The molecule has 1 heterocycles. The number of carbonyl (C=O) groups is 1. The van der Waals surface area contributed by atoms with Crippen molar-refractivity contribution in [1.29, 1.82) is 0 Å². The molecule has 1 aromatic carbocycles. The number of halogens is 2. The lowest BCUT2D eigenvalue weighted by Gasteiger charge is -2.33. The standard InChI is InChI=1S/C14H18ClFN2O/c1-10-4-2-3-7-18(10)14(19)9-17-13-6-5-11(16)8-12(13)15/h5-6,8,10,17H,2-4,7,9H2,1H3. The molecule has 0 aromatic heterocycles. The SMILES string of the molecule is CC1CCCCN1C(=O)CNc1ccc(F)cc1Cl. The van der Waals surface area contributed by atoms with E-state index >= 15 is 0 Å². The molecule has 1 unspecified atom stereocenters. The number of likely N-dealkylation sites (tertiary alicyclic amines) is 1. The van der Waals surface area contributed by atoms with Crippen LogP contribution in [0.2, 0.25) is 5.02 Å². The number of amides is 1. The molecule has 2 rings (SSSR count). The molecule has 5 heteroatoms. The molecular weight excluding hydrogens is 267 g/mol. The van der Waals surface area contributed by atoms with Gasteiger partial charge in [0.05, 0.1) is 17.3 Å². The maximum atomic E-state index is 12.9. The van der Waals surface area contributed by atoms with Crippen molar-refractivity contribution in [3.63, 3.8) is 0 Å². The monoisotopic (exact) mass is 284 g/mol. The van der Waals surface area contributed by atoms with Crippen LogP contribution in [0.5, 0.6) is 0 Å². The fraction of sp³-hybridized carbons (Fsp3) is 0.500. The largest absolute Gasteiger partial charge is 0.375 e. The maximum absolute atomic E-state index is 12.9. The summed E-state index contributed by atoms with van der Waals surface area (Å²) in [4.78, 5) is 14.0. The van der Waals surface area contributed by atoms with E-state index in [0.717, 1.165) is 19.4 Å². The number of carbonyl (C=O) groups excluding carboxylic acids is 1. The van der Waals surface area contributed by atoms with E-state index in [4.69, 9.17) is 11.6 Å². The molecule has 19 heavy (non-hydrogen) atoms. The van der Waals surface area contributed by atoms with Crippen molar-refractivity contribution < 1.29 is 9.18 Å². The van der Waals surface area contributed by atoms with Gasteiger partial charge >= 0.3 is 0 Å². The normalized spacial score (nSPS) is 19.3. The van der Waals surface area contributed by atoms with Crippen molar-refractivity contribution in [3.05, 3.63) is 29.0 Å². The first kappa shape index (κ1) is 14.1. The lowest BCUT2D eigenvalue weighted by atomic mass is 10.0. The number of benzene rings is 1. The summed E-state index contributed by atoms with van der Waals surface area (Å²) in [6, 6.07) is 4.40. The molecule has 1 amide bonds. The predicted molar refractivity (Wildman–Crippen MR) is 74.9 cm³/mol. The Morgan fingerprint density at radius 3 is 3.00 bits per heavy atom. The molecule has 0 radical (unpaired) electrons. The lowest BCUT2D eigenvalue weighted by Crippen LogP contribution is -2.44. The molecule has 3 nitrogen and oxygen atoms in total. The van der Waals surface area contributed by atoms with Gasteiger partial charge in [-0.05, 0) is 44.4 Å². The van der Waals surface area contributed by atoms with Gasteiger partial charge in [-0.2, -0.15) is 0 Å². The number of piperidine rings is 1. The Hall–Kier alpha value is -1.29. The van der Waals surface area contributed by atoms with Crippen LogP contribution in [0.4, 0.5) is 10.1 Å². The van der Waals surface area contributed by atoms with Gasteiger partial charge in [-0.3, -0.25) is 4.79 Å². The number of nitrogens with zero attached hydrogens (tertiary/aromatic N) is 1. The first-order valence-electron chi connectivity index (χ1n) is 6.56. The van der Waals surface area contributed by atoms with E-state index in [1.165, 1.54) is 18.6 Å². The highest BCUT2D eigenvalue weighted by atomic mass is 35.5. The fourth-order valence-corrected chi connectivity index (χ4v) is 2.61. The molecule has 0 saturated carbocycles. The van der Waals surface area contributed by atoms with Crippen LogP contribution < -0.4 is 5.32 Å². The van der Waals surface area contributed by atoms with Crippen molar-refractivity contribution in [2.45, 2.75) is 32.2 Å². The zero-order valence-corrected chi connectivity index (χ0v) is 11.7.